The van der Waals surface area contributed by atoms with Gasteiger partial charge in [0.2, 0.25) is 0 Å². The number of fused-ring (bicyclic) bond motifs is 1. The average molecular weight is 381 g/mol. The summed E-state index contributed by atoms with van der Waals surface area (Å²) in [5, 5.41) is 3.40. The summed E-state index contributed by atoms with van der Waals surface area (Å²) in [6.45, 7) is 0.555. The van der Waals surface area contributed by atoms with Crippen LogP contribution in [0, 0.1) is 0 Å². The number of rotatable bonds is 5. The van der Waals surface area contributed by atoms with Gasteiger partial charge in [0.15, 0.2) is 5.58 Å². The van der Waals surface area contributed by atoms with Gasteiger partial charge in [0.05, 0.1) is 24.6 Å². The number of carbonyl (C=O) groups is 1. The van der Waals surface area contributed by atoms with Gasteiger partial charge >= 0.3 is 0 Å². The molecule has 0 bridgehead atoms. The van der Waals surface area contributed by atoms with Crippen LogP contribution >= 0.6 is 11.6 Å². The minimum absolute atomic E-state index is 0.266. The minimum atomic E-state index is -0.266. The maximum absolute atomic E-state index is 13.0. The lowest BCUT2D eigenvalue weighted by Crippen LogP contribution is -2.18. The lowest BCUT2D eigenvalue weighted by molar-refractivity contribution is 0.101. The van der Waals surface area contributed by atoms with Gasteiger partial charge in [-0.05, 0) is 23.8 Å². The van der Waals surface area contributed by atoms with Crippen LogP contribution in [0.4, 0.5) is 5.69 Å². The second-order valence-electron chi connectivity index (χ2n) is 6.07. The van der Waals surface area contributed by atoms with Gasteiger partial charge in [-0.2, -0.15) is 0 Å². The number of benzene rings is 2. The fourth-order valence-corrected chi connectivity index (χ4v) is 3.24. The SMILES string of the molecule is COc1ccc(Cl)cc1NC(=O)c1cc2occc2n1Cc1ccccc1. The first-order chi connectivity index (χ1) is 13.2. The zero-order chi connectivity index (χ0) is 18.8. The van der Waals surface area contributed by atoms with Gasteiger partial charge < -0.3 is 19.0 Å². The number of ether oxygens (including phenoxy) is 1. The second kappa shape index (κ2) is 7.21. The Morgan fingerprint density at radius 2 is 1.96 bits per heavy atom. The normalized spacial score (nSPS) is 10.9. The number of carbonyl (C=O) groups excluding carboxylic acids is 1. The van der Waals surface area contributed by atoms with Crippen LogP contribution in [0.5, 0.6) is 5.75 Å². The Labute approximate surface area is 161 Å². The van der Waals surface area contributed by atoms with Crippen molar-refractivity contribution in [2.45, 2.75) is 6.54 Å². The number of aromatic nitrogens is 1. The first kappa shape index (κ1) is 17.2. The maximum Gasteiger partial charge on any atom is 0.272 e. The zero-order valence-electron chi connectivity index (χ0n) is 14.6. The molecule has 2 heterocycles. The number of nitrogens with one attached hydrogen (secondary N) is 1. The lowest BCUT2D eigenvalue weighted by atomic mass is 10.2. The third-order valence-electron chi connectivity index (χ3n) is 4.35. The number of anilines is 1. The minimum Gasteiger partial charge on any atom is -0.495 e. The summed E-state index contributed by atoms with van der Waals surface area (Å²) in [5.41, 5.74) is 3.62. The van der Waals surface area contributed by atoms with Gasteiger partial charge in [-0.15, -0.1) is 0 Å². The molecule has 0 saturated heterocycles. The highest BCUT2D eigenvalue weighted by molar-refractivity contribution is 6.31. The topological polar surface area (TPSA) is 56.4 Å². The Balaban J connectivity index is 1.71. The van der Waals surface area contributed by atoms with E-state index in [0.717, 1.165) is 11.1 Å². The van der Waals surface area contributed by atoms with E-state index in [4.69, 9.17) is 20.8 Å². The van der Waals surface area contributed by atoms with Crippen molar-refractivity contribution < 1.29 is 13.9 Å². The van der Waals surface area contributed by atoms with Crippen molar-refractivity contribution >= 4 is 34.3 Å². The monoisotopic (exact) mass is 380 g/mol. The number of amides is 1. The quantitative estimate of drug-likeness (QED) is 0.518. The molecule has 2 aromatic carbocycles. The molecule has 0 atom stereocenters. The second-order valence-corrected chi connectivity index (χ2v) is 6.51. The molecule has 0 fully saturated rings. The molecule has 1 N–H and O–H groups in total. The Kier molecular flexibility index (Phi) is 4.60. The van der Waals surface area contributed by atoms with Gasteiger partial charge in [0.25, 0.3) is 5.91 Å². The van der Waals surface area contributed by atoms with Crippen LogP contribution in [0.25, 0.3) is 11.1 Å². The molecule has 27 heavy (non-hydrogen) atoms. The molecule has 6 heteroatoms. The van der Waals surface area contributed by atoms with Crippen LogP contribution in [0.1, 0.15) is 16.1 Å². The summed E-state index contributed by atoms with van der Waals surface area (Å²) in [7, 11) is 1.55. The molecular weight excluding hydrogens is 364 g/mol. The number of furan rings is 1. The first-order valence-corrected chi connectivity index (χ1v) is 8.79. The molecule has 4 aromatic rings. The lowest BCUT2D eigenvalue weighted by Gasteiger charge is -2.13. The summed E-state index contributed by atoms with van der Waals surface area (Å²) < 4.78 is 12.7. The summed E-state index contributed by atoms with van der Waals surface area (Å²) in [6.07, 6.45) is 1.62. The van der Waals surface area contributed by atoms with Crippen molar-refractivity contribution in [2.24, 2.45) is 0 Å². The highest BCUT2D eigenvalue weighted by Crippen LogP contribution is 2.29. The van der Waals surface area contributed by atoms with Crippen molar-refractivity contribution in [3.05, 3.63) is 83.2 Å². The van der Waals surface area contributed by atoms with Gasteiger partial charge in [-0.1, -0.05) is 41.9 Å². The van der Waals surface area contributed by atoms with Crippen molar-refractivity contribution in [1.29, 1.82) is 0 Å². The third kappa shape index (κ3) is 3.41. The summed E-state index contributed by atoms with van der Waals surface area (Å²) in [4.78, 5) is 13.0. The van der Waals surface area contributed by atoms with Crippen LogP contribution in [-0.4, -0.2) is 17.6 Å². The van der Waals surface area contributed by atoms with Crippen molar-refractivity contribution in [3.63, 3.8) is 0 Å². The number of methoxy groups -OCH3 is 1. The molecule has 0 unspecified atom stereocenters. The fraction of sp³-hybridized carbons (Fsp3) is 0.0952. The molecular formula is C21H17ClN2O3. The summed E-state index contributed by atoms with van der Waals surface area (Å²) in [5.74, 6) is 0.274. The Hall–Kier alpha value is -3.18. The first-order valence-electron chi connectivity index (χ1n) is 8.41. The van der Waals surface area contributed by atoms with E-state index in [2.05, 4.69) is 5.32 Å². The van der Waals surface area contributed by atoms with Crippen molar-refractivity contribution in [2.75, 3.05) is 12.4 Å². The molecule has 4 rings (SSSR count). The van der Waals surface area contributed by atoms with E-state index < -0.39 is 0 Å². The molecule has 0 aliphatic carbocycles. The van der Waals surface area contributed by atoms with Crippen LogP contribution in [0.3, 0.4) is 0 Å². The summed E-state index contributed by atoms with van der Waals surface area (Å²) >= 11 is 6.06. The largest absolute Gasteiger partial charge is 0.495 e. The van der Waals surface area contributed by atoms with Crippen LogP contribution in [0.2, 0.25) is 5.02 Å². The van der Waals surface area contributed by atoms with Gasteiger partial charge in [0, 0.05) is 23.7 Å². The van der Waals surface area contributed by atoms with Gasteiger partial charge in [-0.3, -0.25) is 4.79 Å². The highest BCUT2D eigenvalue weighted by atomic mass is 35.5. The molecule has 2 aromatic heterocycles. The molecule has 0 aliphatic heterocycles. The third-order valence-corrected chi connectivity index (χ3v) is 4.58. The van der Waals surface area contributed by atoms with Gasteiger partial charge in [-0.25, -0.2) is 0 Å². The molecule has 0 radical (unpaired) electrons. The summed E-state index contributed by atoms with van der Waals surface area (Å²) in [6, 6.07) is 18.6. The van der Waals surface area contributed by atoms with Gasteiger partial charge in [0.1, 0.15) is 11.4 Å². The Bertz CT molecular complexity index is 1100. The average Bonchev–Trinajstić information content (AvgIpc) is 3.25. The predicted molar refractivity (Wildman–Crippen MR) is 106 cm³/mol. The van der Waals surface area contributed by atoms with Crippen molar-refractivity contribution in [1.82, 2.24) is 4.57 Å². The van der Waals surface area contributed by atoms with Crippen LogP contribution in [-0.2, 0) is 6.54 Å². The van der Waals surface area contributed by atoms with E-state index in [1.807, 2.05) is 41.0 Å². The van der Waals surface area contributed by atoms with E-state index in [0.29, 0.717) is 34.3 Å². The van der Waals surface area contributed by atoms with E-state index in [-0.39, 0.29) is 5.91 Å². The van der Waals surface area contributed by atoms with E-state index in [1.54, 1.807) is 37.6 Å². The standard InChI is InChI=1S/C21H17ClN2O3/c1-26-19-8-7-15(22)11-16(19)23-21(25)18-12-20-17(9-10-27-20)24(18)13-14-5-3-2-4-6-14/h2-12H,13H2,1H3,(H,23,25). The molecule has 1 amide bonds. The maximum atomic E-state index is 13.0. The Morgan fingerprint density at radius 1 is 1.15 bits per heavy atom. The smallest absolute Gasteiger partial charge is 0.272 e. The van der Waals surface area contributed by atoms with E-state index >= 15 is 0 Å². The fourth-order valence-electron chi connectivity index (χ4n) is 3.07. The molecule has 5 nitrogen and oxygen atoms in total. The molecule has 0 saturated carbocycles. The predicted octanol–water partition coefficient (Wildman–Crippen LogP) is 5.20. The van der Waals surface area contributed by atoms with Crippen LogP contribution in [0.15, 0.2) is 71.3 Å². The zero-order valence-corrected chi connectivity index (χ0v) is 15.4. The Morgan fingerprint density at radius 3 is 2.74 bits per heavy atom. The number of hydrogen-bond donors (Lipinski definition) is 1. The van der Waals surface area contributed by atoms with Crippen LogP contribution < -0.4 is 10.1 Å². The highest BCUT2D eigenvalue weighted by Gasteiger charge is 2.19. The molecule has 136 valence electrons. The molecule has 0 spiro atoms. The van der Waals surface area contributed by atoms with Crippen molar-refractivity contribution in [3.8, 4) is 5.75 Å². The number of hydrogen-bond acceptors (Lipinski definition) is 3. The number of halogens is 1. The molecule has 0 aliphatic rings. The van der Waals surface area contributed by atoms with E-state index in [9.17, 15) is 4.79 Å². The van der Waals surface area contributed by atoms with E-state index in [1.165, 1.54) is 0 Å². The number of nitrogens with zero attached hydrogens (tertiary/aromatic N) is 1.